The molecule has 1 amide bonds. The minimum atomic E-state index is -0.486. The summed E-state index contributed by atoms with van der Waals surface area (Å²) in [6.45, 7) is 2.48. The van der Waals surface area contributed by atoms with E-state index in [1.54, 1.807) is 32.2 Å². The normalized spacial score (nSPS) is 11.0. The number of carbonyl (C=O) groups is 1. The summed E-state index contributed by atoms with van der Waals surface area (Å²) in [5.41, 5.74) is 2.15. The number of nitrogens with one attached hydrogen (secondary N) is 2. The topological polar surface area (TPSA) is 103 Å². The molecule has 0 radical (unpaired) electrons. The summed E-state index contributed by atoms with van der Waals surface area (Å²) in [4.78, 5) is 24.0. The number of para-hydroxylation sites is 1. The number of nitrogens with zero attached hydrogens (tertiary/aromatic N) is 4. The van der Waals surface area contributed by atoms with Gasteiger partial charge in [0, 0.05) is 18.4 Å². The molecule has 9 nitrogen and oxygen atoms in total. The number of ether oxygens (including phenoxy) is 1. The van der Waals surface area contributed by atoms with E-state index in [0.717, 1.165) is 11.2 Å². The highest BCUT2D eigenvalue weighted by Crippen LogP contribution is 2.17. The van der Waals surface area contributed by atoms with Crippen LogP contribution in [0.5, 0.6) is 0 Å². The lowest BCUT2D eigenvalue weighted by Crippen LogP contribution is -2.20. The van der Waals surface area contributed by atoms with Crippen LogP contribution in [0.25, 0.3) is 16.7 Å². The van der Waals surface area contributed by atoms with Gasteiger partial charge < -0.3 is 10.1 Å². The van der Waals surface area contributed by atoms with Gasteiger partial charge in [-0.3, -0.25) is 19.1 Å². The number of anilines is 2. The molecule has 0 aliphatic rings. The zero-order valence-electron chi connectivity index (χ0n) is 16.0. The summed E-state index contributed by atoms with van der Waals surface area (Å²) in [7, 11) is 1.69. The standard InChI is InChI=1S/C20H20N6O3/c1-3-29-20(28)22-14-10-8-13(9-11-14)21-12-17-23-24-19-25(2)18(27)15-6-4-5-7-16(15)26(17)19/h4-11,21H,3,12H2,1-2H3,(H,22,28). The van der Waals surface area contributed by atoms with E-state index >= 15 is 0 Å². The number of carbonyl (C=O) groups excluding carboxylic acids is 1. The number of hydrogen-bond donors (Lipinski definition) is 2. The molecule has 0 unspecified atom stereocenters. The molecule has 0 aliphatic carbocycles. The number of rotatable bonds is 5. The summed E-state index contributed by atoms with van der Waals surface area (Å²) >= 11 is 0. The summed E-state index contributed by atoms with van der Waals surface area (Å²) in [6.07, 6.45) is -0.486. The first-order valence-corrected chi connectivity index (χ1v) is 9.18. The molecule has 0 bridgehead atoms. The summed E-state index contributed by atoms with van der Waals surface area (Å²) in [5.74, 6) is 1.17. The second-order valence-electron chi connectivity index (χ2n) is 6.41. The van der Waals surface area contributed by atoms with Crippen LogP contribution in [-0.4, -0.2) is 31.9 Å². The van der Waals surface area contributed by atoms with Gasteiger partial charge in [-0.25, -0.2) is 4.79 Å². The highest BCUT2D eigenvalue weighted by molar-refractivity contribution is 5.84. The predicted molar refractivity (Wildman–Crippen MR) is 110 cm³/mol. The van der Waals surface area contributed by atoms with Crippen molar-refractivity contribution in [1.82, 2.24) is 19.2 Å². The van der Waals surface area contributed by atoms with E-state index in [-0.39, 0.29) is 5.56 Å². The van der Waals surface area contributed by atoms with E-state index in [1.165, 1.54) is 4.57 Å². The van der Waals surface area contributed by atoms with Gasteiger partial charge in [-0.2, -0.15) is 0 Å². The molecule has 0 saturated heterocycles. The molecule has 0 saturated carbocycles. The minimum Gasteiger partial charge on any atom is -0.450 e. The Morgan fingerprint density at radius 3 is 2.55 bits per heavy atom. The SMILES string of the molecule is CCOC(=O)Nc1ccc(NCc2nnc3n(C)c(=O)c4ccccc4n23)cc1. The Hall–Kier alpha value is -3.88. The molecule has 0 fully saturated rings. The molecule has 4 rings (SSSR count). The van der Waals surface area contributed by atoms with E-state index in [4.69, 9.17) is 4.74 Å². The smallest absolute Gasteiger partial charge is 0.411 e. The largest absolute Gasteiger partial charge is 0.450 e. The lowest BCUT2D eigenvalue weighted by Gasteiger charge is -2.10. The third kappa shape index (κ3) is 3.49. The first-order valence-electron chi connectivity index (χ1n) is 9.18. The summed E-state index contributed by atoms with van der Waals surface area (Å²) in [5, 5.41) is 15.0. The molecule has 29 heavy (non-hydrogen) atoms. The van der Waals surface area contributed by atoms with Gasteiger partial charge in [0.15, 0.2) is 5.82 Å². The maximum atomic E-state index is 12.5. The average Bonchev–Trinajstić information content (AvgIpc) is 3.16. The van der Waals surface area contributed by atoms with Crippen molar-refractivity contribution in [3.8, 4) is 0 Å². The fourth-order valence-corrected chi connectivity index (χ4v) is 3.14. The van der Waals surface area contributed by atoms with Gasteiger partial charge >= 0.3 is 6.09 Å². The lowest BCUT2D eigenvalue weighted by atomic mass is 10.2. The van der Waals surface area contributed by atoms with Gasteiger partial charge in [0.05, 0.1) is 24.1 Å². The second kappa shape index (κ2) is 7.63. The first-order chi connectivity index (χ1) is 14.1. The van der Waals surface area contributed by atoms with Gasteiger partial charge in [-0.15, -0.1) is 10.2 Å². The van der Waals surface area contributed by atoms with Crippen molar-refractivity contribution in [2.45, 2.75) is 13.5 Å². The Labute approximate surface area is 165 Å². The summed E-state index contributed by atoms with van der Waals surface area (Å²) in [6, 6.07) is 14.6. The molecule has 2 aromatic carbocycles. The van der Waals surface area contributed by atoms with Crippen molar-refractivity contribution in [2.75, 3.05) is 17.2 Å². The number of amides is 1. The molecular weight excluding hydrogens is 372 g/mol. The molecule has 4 aromatic rings. The second-order valence-corrected chi connectivity index (χ2v) is 6.41. The van der Waals surface area contributed by atoms with Crippen LogP contribution in [0.15, 0.2) is 53.3 Å². The van der Waals surface area contributed by atoms with E-state index in [0.29, 0.717) is 35.8 Å². The maximum absolute atomic E-state index is 12.5. The van der Waals surface area contributed by atoms with Crippen LogP contribution in [0, 0.1) is 0 Å². The van der Waals surface area contributed by atoms with Gasteiger partial charge in [0.25, 0.3) is 5.56 Å². The number of aromatic nitrogens is 4. The number of fused-ring (bicyclic) bond motifs is 3. The van der Waals surface area contributed by atoms with Crippen LogP contribution < -0.4 is 16.2 Å². The van der Waals surface area contributed by atoms with Crippen LogP contribution in [-0.2, 0) is 18.3 Å². The number of benzene rings is 2. The average molecular weight is 392 g/mol. The molecular formula is C20H20N6O3. The molecule has 2 heterocycles. The first kappa shape index (κ1) is 18.5. The Bertz CT molecular complexity index is 1240. The lowest BCUT2D eigenvalue weighted by molar-refractivity contribution is 0.168. The quantitative estimate of drug-likeness (QED) is 0.541. The molecule has 148 valence electrons. The van der Waals surface area contributed by atoms with E-state index in [2.05, 4.69) is 20.8 Å². The zero-order chi connectivity index (χ0) is 20.4. The van der Waals surface area contributed by atoms with Crippen LogP contribution in [0.1, 0.15) is 12.7 Å². The Morgan fingerprint density at radius 2 is 1.79 bits per heavy atom. The third-order valence-electron chi connectivity index (χ3n) is 4.55. The number of aryl methyl sites for hydroxylation is 1. The van der Waals surface area contributed by atoms with Crippen LogP contribution in [0.3, 0.4) is 0 Å². The van der Waals surface area contributed by atoms with E-state index in [1.807, 2.05) is 34.7 Å². The fourth-order valence-electron chi connectivity index (χ4n) is 3.14. The molecule has 9 heteroatoms. The molecule has 0 aliphatic heterocycles. The van der Waals surface area contributed by atoms with Crippen molar-refractivity contribution in [2.24, 2.45) is 7.05 Å². The van der Waals surface area contributed by atoms with Gasteiger partial charge in [0.2, 0.25) is 5.78 Å². The van der Waals surface area contributed by atoms with Crippen molar-refractivity contribution in [3.63, 3.8) is 0 Å². The highest BCUT2D eigenvalue weighted by Gasteiger charge is 2.14. The number of hydrogen-bond acceptors (Lipinski definition) is 6. The fraction of sp³-hybridized carbons (Fsp3) is 0.200. The van der Waals surface area contributed by atoms with Gasteiger partial charge in [-0.05, 0) is 43.3 Å². The van der Waals surface area contributed by atoms with Gasteiger partial charge in [-0.1, -0.05) is 12.1 Å². The van der Waals surface area contributed by atoms with Crippen LogP contribution >= 0.6 is 0 Å². The molecule has 0 spiro atoms. The van der Waals surface area contributed by atoms with Crippen molar-refractivity contribution >= 4 is 34.1 Å². The highest BCUT2D eigenvalue weighted by atomic mass is 16.5. The zero-order valence-corrected chi connectivity index (χ0v) is 16.0. The maximum Gasteiger partial charge on any atom is 0.411 e. The minimum absolute atomic E-state index is 0.107. The molecule has 2 aromatic heterocycles. The summed E-state index contributed by atoms with van der Waals surface area (Å²) < 4.78 is 8.23. The van der Waals surface area contributed by atoms with Gasteiger partial charge in [0.1, 0.15) is 0 Å². The van der Waals surface area contributed by atoms with E-state index < -0.39 is 6.09 Å². The van der Waals surface area contributed by atoms with E-state index in [9.17, 15) is 9.59 Å². The van der Waals surface area contributed by atoms with Crippen LogP contribution in [0.2, 0.25) is 0 Å². The van der Waals surface area contributed by atoms with Crippen molar-refractivity contribution < 1.29 is 9.53 Å². The molecule has 2 N–H and O–H groups in total. The van der Waals surface area contributed by atoms with Crippen molar-refractivity contribution in [1.29, 1.82) is 0 Å². The Balaban J connectivity index is 1.58. The molecule has 0 atom stereocenters. The van der Waals surface area contributed by atoms with Crippen molar-refractivity contribution in [3.05, 3.63) is 64.7 Å². The Kier molecular flexibility index (Phi) is 4.86. The van der Waals surface area contributed by atoms with Crippen LogP contribution in [0.4, 0.5) is 16.2 Å². The third-order valence-corrected chi connectivity index (χ3v) is 4.55. The predicted octanol–water partition coefficient (Wildman–Crippen LogP) is 2.76. The monoisotopic (exact) mass is 392 g/mol. The Morgan fingerprint density at radius 1 is 1.07 bits per heavy atom.